The normalized spacial score (nSPS) is 17.3. The molecule has 1 aliphatic rings. The van der Waals surface area contributed by atoms with Crippen LogP contribution in [0.2, 0.25) is 0 Å². The molecule has 21 nitrogen and oxygen atoms in total. The zero-order valence-corrected chi connectivity index (χ0v) is 44.0. The Hall–Kier alpha value is -7.15. The number of amides is 1. The van der Waals surface area contributed by atoms with E-state index in [0.29, 0.717) is 11.5 Å². The first kappa shape index (κ1) is 55.6. The molecule has 5 atom stereocenters. The van der Waals surface area contributed by atoms with Crippen LogP contribution < -0.4 is 20.3 Å². The quantitative estimate of drug-likeness (QED) is 0.0110. The molecular formula is C53H61N8O13P. The molecule has 1 amide bonds. The number of fused-ring (bicyclic) bond motifs is 1. The van der Waals surface area contributed by atoms with E-state index in [1.807, 2.05) is 111 Å². The number of nitro groups is 1. The molecule has 0 radical (unpaired) electrons. The lowest BCUT2D eigenvalue weighted by atomic mass is 9.80. The Morgan fingerprint density at radius 3 is 2.09 bits per heavy atom. The van der Waals surface area contributed by atoms with Gasteiger partial charge in [-0.2, -0.15) is 10.2 Å². The van der Waals surface area contributed by atoms with Gasteiger partial charge >= 0.3 is 5.97 Å². The fourth-order valence-corrected chi connectivity index (χ4v) is 10.8. The number of hydrogen-bond donors (Lipinski definition) is 2. The fraction of sp³-hybridized carbons (Fsp3) is 0.396. The third kappa shape index (κ3) is 12.2. The van der Waals surface area contributed by atoms with Gasteiger partial charge in [0.2, 0.25) is 11.9 Å². The highest BCUT2D eigenvalue weighted by Gasteiger charge is 2.52. The summed E-state index contributed by atoms with van der Waals surface area (Å²) >= 11 is 0. The third-order valence-electron chi connectivity index (χ3n) is 12.5. The molecule has 1 saturated heterocycles. The lowest BCUT2D eigenvalue weighted by Crippen LogP contribution is -2.43. The molecule has 396 valence electrons. The minimum Gasteiger partial charge on any atom is -0.497 e. The van der Waals surface area contributed by atoms with Gasteiger partial charge in [0.05, 0.1) is 56.6 Å². The number of nitrogens with zero attached hydrogens (tertiary/aromatic N) is 6. The Labute approximate surface area is 435 Å². The first-order valence-corrected chi connectivity index (χ1v) is 25.2. The second-order valence-corrected chi connectivity index (χ2v) is 19.9. The fourth-order valence-electron chi connectivity index (χ4n) is 9.01. The van der Waals surface area contributed by atoms with Crippen molar-refractivity contribution in [1.29, 1.82) is 5.26 Å². The largest absolute Gasteiger partial charge is 0.497 e. The zero-order chi connectivity index (χ0) is 54.0. The Bertz CT molecular complexity index is 2960. The maximum absolute atomic E-state index is 14.1. The second-order valence-electron chi connectivity index (χ2n) is 18.5. The standard InChI is InChI=1S/C53H61N8O13P/c1-33(2)60(34(3)4)75(72-29-15-28-54)74-45-43(30-71-53(36-16-11-10-12-17-36,37-20-24-39(67-8)25-21-37)38-22-26-40(68-9)27-23-38)73-49(59-31-55-44-47(59)57-51(56-35(5)62)58-48(44)63)46(45)69-32-70-50(64)52(6,7)41-18-13-14-19-42(41)61(65)66/h10-14,16-27,31,33-34,43,45-46,49H,15,29-30,32H2,1-9H3,(H2,56,57,58,62,63)/t43?,45-,46-,49-,75?/m1/s1. The maximum Gasteiger partial charge on any atom is 0.318 e. The highest BCUT2D eigenvalue weighted by molar-refractivity contribution is 7.44. The van der Waals surface area contributed by atoms with E-state index >= 15 is 0 Å². The summed E-state index contributed by atoms with van der Waals surface area (Å²) in [5.74, 6) is -0.281. The number of rotatable bonds is 24. The van der Waals surface area contributed by atoms with Gasteiger partial charge in [-0.05, 0) is 82.5 Å². The second kappa shape index (κ2) is 24.5. The summed E-state index contributed by atoms with van der Waals surface area (Å²) < 4.78 is 55.3. The van der Waals surface area contributed by atoms with E-state index in [1.54, 1.807) is 20.3 Å². The topological polar surface area (TPSA) is 254 Å². The van der Waals surface area contributed by atoms with Gasteiger partial charge < -0.3 is 37.5 Å². The number of ether oxygens (including phenoxy) is 6. The lowest BCUT2D eigenvalue weighted by Gasteiger charge is -2.39. The molecule has 0 saturated carbocycles. The molecule has 2 aromatic heterocycles. The predicted octanol–water partition coefficient (Wildman–Crippen LogP) is 8.43. The number of nitro benzene ring substituents is 1. The van der Waals surface area contributed by atoms with Crippen LogP contribution >= 0.6 is 8.53 Å². The van der Waals surface area contributed by atoms with Crippen LogP contribution in [-0.2, 0) is 48.6 Å². The maximum atomic E-state index is 14.1. The van der Waals surface area contributed by atoms with Crippen molar-refractivity contribution in [2.75, 3.05) is 39.5 Å². The number of esters is 1. The van der Waals surface area contributed by atoms with Gasteiger partial charge in [-0.25, -0.2) is 9.65 Å². The molecule has 7 rings (SSSR count). The van der Waals surface area contributed by atoms with Crippen LogP contribution in [-0.4, -0.2) is 106 Å². The average molecular weight is 1050 g/mol. The van der Waals surface area contributed by atoms with Crippen molar-refractivity contribution >= 4 is 43.2 Å². The van der Waals surface area contributed by atoms with Gasteiger partial charge in [0, 0.05) is 30.6 Å². The number of nitriles is 1. The van der Waals surface area contributed by atoms with Crippen molar-refractivity contribution in [2.45, 2.75) is 103 Å². The van der Waals surface area contributed by atoms with E-state index in [-0.39, 0.29) is 60.1 Å². The van der Waals surface area contributed by atoms with Crippen LogP contribution in [0.15, 0.2) is 114 Å². The molecule has 75 heavy (non-hydrogen) atoms. The van der Waals surface area contributed by atoms with Gasteiger partial charge in [-0.1, -0.05) is 72.8 Å². The molecule has 3 heterocycles. The molecular weight excluding hydrogens is 988 g/mol. The zero-order valence-electron chi connectivity index (χ0n) is 43.1. The smallest absolute Gasteiger partial charge is 0.318 e. The van der Waals surface area contributed by atoms with Crippen molar-refractivity contribution in [1.82, 2.24) is 24.2 Å². The minimum atomic E-state index is -2.05. The summed E-state index contributed by atoms with van der Waals surface area (Å²) in [6.07, 6.45) is -3.46. The molecule has 22 heteroatoms. The van der Waals surface area contributed by atoms with E-state index in [0.717, 1.165) is 16.7 Å². The molecule has 0 aliphatic carbocycles. The summed E-state index contributed by atoms with van der Waals surface area (Å²) in [6.45, 7) is 11.3. The minimum absolute atomic E-state index is 0.00967. The highest BCUT2D eigenvalue weighted by atomic mass is 31.2. The van der Waals surface area contributed by atoms with Gasteiger partial charge in [0.1, 0.15) is 35.4 Å². The number of anilines is 1. The van der Waals surface area contributed by atoms with Gasteiger partial charge in [-0.3, -0.25) is 39.4 Å². The Balaban J connectivity index is 1.40. The van der Waals surface area contributed by atoms with Crippen LogP contribution in [0.1, 0.15) is 83.4 Å². The summed E-state index contributed by atoms with van der Waals surface area (Å²) in [4.78, 5) is 62.9. The lowest BCUT2D eigenvalue weighted by molar-refractivity contribution is -0.386. The van der Waals surface area contributed by atoms with Crippen molar-refractivity contribution in [2.24, 2.45) is 0 Å². The van der Waals surface area contributed by atoms with Gasteiger partial charge in [0.15, 0.2) is 24.2 Å². The molecule has 2 unspecified atom stereocenters. The number of aromatic amines is 1. The van der Waals surface area contributed by atoms with E-state index in [9.17, 15) is 29.8 Å². The number of imidazole rings is 1. The highest BCUT2D eigenvalue weighted by Crippen LogP contribution is 2.52. The average Bonchev–Trinajstić information content (AvgIpc) is 3.98. The number of carbonyl (C=O) groups is 2. The molecule has 4 aromatic carbocycles. The summed E-state index contributed by atoms with van der Waals surface area (Å²) in [5.41, 5.74) is -1.63. The molecule has 2 N–H and O–H groups in total. The van der Waals surface area contributed by atoms with Crippen LogP contribution in [0.25, 0.3) is 11.2 Å². The molecule has 1 aliphatic heterocycles. The Morgan fingerprint density at radius 2 is 1.52 bits per heavy atom. The molecule has 0 bridgehead atoms. The van der Waals surface area contributed by atoms with Crippen LogP contribution in [0.4, 0.5) is 11.6 Å². The van der Waals surface area contributed by atoms with Crippen LogP contribution in [0.5, 0.6) is 11.5 Å². The molecule has 0 spiro atoms. The van der Waals surface area contributed by atoms with Crippen molar-refractivity contribution in [3.63, 3.8) is 0 Å². The first-order valence-electron chi connectivity index (χ1n) is 24.1. The van der Waals surface area contributed by atoms with E-state index in [1.165, 1.54) is 49.9 Å². The number of hydrogen-bond acceptors (Lipinski definition) is 17. The first-order chi connectivity index (χ1) is 35.9. The van der Waals surface area contributed by atoms with Crippen LogP contribution in [0, 0.1) is 21.4 Å². The van der Waals surface area contributed by atoms with Crippen LogP contribution in [0.3, 0.4) is 0 Å². The number of aromatic nitrogens is 4. The van der Waals surface area contributed by atoms with E-state index in [4.69, 9.17) is 37.5 Å². The van der Waals surface area contributed by atoms with E-state index < -0.39 is 73.2 Å². The predicted molar refractivity (Wildman–Crippen MR) is 277 cm³/mol. The third-order valence-corrected chi connectivity index (χ3v) is 14.7. The number of methoxy groups -OCH3 is 2. The Morgan fingerprint density at radius 1 is 0.920 bits per heavy atom. The summed E-state index contributed by atoms with van der Waals surface area (Å²) in [5, 5.41) is 24.2. The summed E-state index contributed by atoms with van der Waals surface area (Å²) in [6, 6.07) is 32.3. The van der Waals surface area contributed by atoms with Crippen molar-refractivity contribution < 1.29 is 52.0 Å². The van der Waals surface area contributed by atoms with Gasteiger partial charge in [-0.15, -0.1) is 0 Å². The number of H-pyrrole nitrogens is 1. The number of carbonyl (C=O) groups excluding carboxylic acids is 2. The van der Waals surface area contributed by atoms with Crippen molar-refractivity contribution in [3.05, 3.63) is 152 Å². The number of para-hydroxylation sites is 1. The SMILES string of the molecule is COc1ccc(C(OCC2O[C@@H](n3cnc4c(=O)[nH]c(NC(C)=O)nc43)[C@H](OCOC(=O)C(C)(C)c3ccccc3[N+](=O)[O-])[C@@H]2OP(OCCC#N)N(C(C)C)C(C)C)(c2ccccc2)c2ccc(OC)cc2)cc1. The number of nitrogens with one attached hydrogen (secondary N) is 2. The number of benzene rings is 4. The van der Waals surface area contributed by atoms with Crippen molar-refractivity contribution in [3.8, 4) is 17.6 Å². The summed E-state index contributed by atoms with van der Waals surface area (Å²) in [7, 11) is 1.11. The van der Waals surface area contributed by atoms with Gasteiger partial charge in [0.25, 0.3) is 19.8 Å². The molecule has 1 fully saturated rings. The molecule has 6 aromatic rings. The monoisotopic (exact) mass is 1050 g/mol. The Kier molecular flexibility index (Phi) is 18.1. The van der Waals surface area contributed by atoms with E-state index in [2.05, 4.69) is 26.3 Å².